The van der Waals surface area contributed by atoms with Crippen molar-refractivity contribution in [1.82, 2.24) is 4.98 Å². The zero-order chi connectivity index (χ0) is 11.3. The highest BCUT2D eigenvalue weighted by Gasteiger charge is 2.46. The summed E-state index contributed by atoms with van der Waals surface area (Å²) in [5, 5.41) is 10.2. The van der Waals surface area contributed by atoms with Gasteiger partial charge in [0.05, 0.1) is 16.6 Å². The molecule has 2 aliphatic rings. The van der Waals surface area contributed by atoms with Crippen molar-refractivity contribution in [3.05, 3.63) is 15.6 Å². The Labute approximate surface area is 98.5 Å². The number of aliphatic carboxylic acids is 1. The molecule has 3 nitrogen and oxygen atoms in total. The number of carbonyl (C=O) groups is 1. The van der Waals surface area contributed by atoms with Crippen LogP contribution in [0.5, 0.6) is 0 Å². The van der Waals surface area contributed by atoms with Gasteiger partial charge in [-0.3, -0.25) is 4.79 Å². The van der Waals surface area contributed by atoms with Gasteiger partial charge in [0.15, 0.2) is 0 Å². The van der Waals surface area contributed by atoms with Crippen LogP contribution in [0.1, 0.15) is 53.1 Å². The van der Waals surface area contributed by atoms with Gasteiger partial charge in [0.25, 0.3) is 0 Å². The minimum Gasteiger partial charge on any atom is -0.481 e. The molecule has 1 N–H and O–H groups in total. The maximum Gasteiger partial charge on any atom is 0.307 e. The van der Waals surface area contributed by atoms with Crippen LogP contribution in [0.15, 0.2) is 0 Å². The van der Waals surface area contributed by atoms with Crippen LogP contribution in [0.4, 0.5) is 0 Å². The monoisotopic (exact) mass is 237 g/mol. The van der Waals surface area contributed by atoms with E-state index in [2.05, 4.69) is 4.98 Å². The van der Waals surface area contributed by atoms with Gasteiger partial charge in [0.1, 0.15) is 0 Å². The lowest BCUT2D eigenvalue weighted by atomic mass is 9.86. The summed E-state index contributed by atoms with van der Waals surface area (Å²) in [4.78, 5) is 16.7. The van der Waals surface area contributed by atoms with Gasteiger partial charge in [-0.05, 0) is 26.2 Å². The molecule has 2 unspecified atom stereocenters. The van der Waals surface area contributed by atoms with Crippen molar-refractivity contribution in [2.24, 2.45) is 5.92 Å². The molecule has 2 fully saturated rings. The molecule has 0 aromatic carbocycles. The highest BCUT2D eigenvalue weighted by molar-refractivity contribution is 7.12. The van der Waals surface area contributed by atoms with E-state index in [-0.39, 0.29) is 11.8 Å². The van der Waals surface area contributed by atoms with Crippen LogP contribution < -0.4 is 0 Å². The topological polar surface area (TPSA) is 50.2 Å². The van der Waals surface area contributed by atoms with Crippen molar-refractivity contribution >= 4 is 17.3 Å². The number of aryl methyl sites for hydroxylation is 1. The van der Waals surface area contributed by atoms with Gasteiger partial charge in [0, 0.05) is 16.7 Å². The third kappa shape index (κ3) is 1.56. The van der Waals surface area contributed by atoms with E-state index in [4.69, 9.17) is 5.11 Å². The molecule has 0 amide bonds. The molecule has 1 heterocycles. The molecule has 2 saturated carbocycles. The Morgan fingerprint density at radius 2 is 2.25 bits per heavy atom. The fraction of sp³-hybridized carbons (Fsp3) is 0.667. The third-order valence-corrected chi connectivity index (χ3v) is 5.20. The summed E-state index contributed by atoms with van der Waals surface area (Å²) in [5.41, 5.74) is 1.07. The predicted molar refractivity (Wildman–Crippen MR) is 61.9 cm³/mol. The predicted octanol–water partition coefficient (Wildman–Crippen LogP) is 2.91. The average molecular weight is 237 g/mol. The molecule has 0 saturated heterocycles. The molecule has 1 aromatic heterocycles. The molecule has 86 valence electrons. The van der Waals surface area contributed by atoms with E-state index in [1.165, 1.54) is 29.1 Å². The number of rotatable bonds is 3. The van der Waals surface area contributed by atoms with Crippen molar-refractivity contribution in [2.45, 2.75) is 44.4 Å². The SMILES string of the molecule is Cc1nc(C2CCC2)sc1C1CC1C(=O)O. The summed E-state index contributed by atoms with van der Waals surface area (Å²) in [5.74, 6) is 0.125. The second kappa shape index (κ2) is 3.55. The van der Waals surface area contributed by atoms with E-state index in [9.17, 15) is 4.79 Å². The lowest BCUT2D eigenvalue weighted by Gasteiger charge is -2.22. The number of carboxylic acids is 1. The Balaban J connectivity index is 1.80. The smallest absolute Gasteiger partial charge is 0.307 e. The minimum absolute atomic E-state index is 0.145. The van der Waals surface area contributed by atoms with Crippen molar-refractivity contribution in [2.75, 3.05) is 0 Å². The van der Waals surface area contributed by atoms with Gasteiger partial charge in [-0.2, -0.15) is 0 Å². The summed E-state index contributed by atoms with van der Waals surface area (Å²) >= 11 is 1.76. The fourth-order valence-electron chi connectivity index (χ4n) is 2.36. The first-order valence-electron chi connectivity index (χ1n) is 5.87. The van der Waals surface area contributed by atoms with Crippen molar-refractivity contribution in [1.29, 1.82) is 0 Å². The van der Waals surface area contributed by atoms with Crippen LogP contribution in [-0.2, 0) is 4.79 Å². The van der Waals surface area contributed by atoms with E-state index >= 15 is 0 Å². The molecule has 1 aromatic rings. The molecule has 2 atom stereocenters. The first kappa shape index (κ1) is 10.3. The zero-order valence-corrected chi connectivity index (χ0v) is 10.1. The Hall–Kier alpha value is -0.900. The third-order valence-electron chi connectivity index (χ3n) is 3.75. The van der Waals surface area contributed by atoms with E-state index in [1.54, 1.807) is 11.3 Å². The number of aromatic nitrogens is 1. The van der Waals surface area contributed by atoms with Crippen LogP contribution in [0.25, 0.3) is 0 Å². The molecule has 16 heavy (non-hydrogen) atoms. The summed E-state index contributed by atoms with van der Waals surface area (Å²) in [6, 6.07) is 0. The number of thiazole rings is 1. The standard InChI is InChI=1S/C12H15NO2S/c1-6-10(8-5-9(8)12(14)15)16-11(13-6)7-3-2-4-7/h7-9H,2-5H2,1H3,(H,14,15). The molecule has 4 heteroatoms. The fourth-order valence-corrected chi connectivity index (χ4v) is 3.78. The van der Waals surface area contributed by atoms with Gasteiger partial charge in [-0.25, -0.2) is 4.98 Å². The number of hydrogen-bond donors (Lipinski definition) is 1. The van der Waals surface area contributed by atoms with Gasteiger partial charge < -0.3 is 5.11 Å². The lowest BCUT2D eigenvalue weighted by molar-refractivity contribution is -0.138. The molecule has 0 bridgehead atoms. The van der Waals surface area contributed by atoms with E-state index in [0.717, 1.165) is 12.1 Å². The van der Waals surface area contributed by atoms with Crippen molar-refractivity contribution in [3.63, 3.8) is 0 Å². The first-order valence-corrected chi connectivity index (χ1v) is 6.68. The molecular formula is C12H15NO2S. The maximum atomic E-state index is 10.8. The highest BCUT2D eigenvalue weighted by Crippen LogP contribution is 2.52. The molecule has 0 radical (unpaired) electrons. The zero-order valence-electron chi connectivity index (χ0n) is 9.27. The van der Waals surface area contributed by atoms with Gasteiger partial charge in [-0.15, -0.1) is 11.3 Å². The highest BCUT2D eigenvalue weighted by atomic mass is 32.1. The normalized spacial score (nSPS) is 28.8. The Bertz CT molecular complexity index is 436. The van der Waals surface area contributed by atoms with Crippen LogP contribution in [0, 0.1) is 12.8 Å². The number of hydrogen-bond acceptors (Lipinski definition) is 3. The molecule has 2 aliphatic carbocycles. The maximum absolute atomic E-state index is 10.8. The largest absolute Gasteiger partial charge is 0.481 e. The average Bonchev–Trinajstić information content (AvgIpc) is 2.83. The summed E-state index contributed by atoms with van der Waals surface area (Å²) < 4.78 is 0. The quantitative estimate of drug-likeness (QED) is 0.879. The van der Waals surface area contributed by atoms with Gasteiger partial charge in [0.2, 0.25) is 0 Å². The van der Waals surface area contributed by atoms with Crippen LogP contribution in [-0.4, -0.2) is 16.1 Å². The van der Waals surface area contributed by atoms with E-state index < -0.39 is 5.97 Å². The second-order valence-electron chi connectivity index (χ2n) is 4.92. The number of carboxylic acid groups (broad SMARTS) is 1. The minimum atomic E-state index is -0.650. The molecular weight excluding hydrogens is 222 g/mol. The molecule has 3 rings (SSSR count). The second-order valence-corrected chi connectivity index (χ2v) is 5.98. The molecule has 0 spiro atoms. The Morgan fingerprint density at radius 3 is 2.75 bits per heavy atom. The lowest BCUT2D eigenvalue weighted by Crippen LogP contribution is -2.07. The first-order chi connectivity index (χ1) is 7.66. The summed E-state index contributed by atoms with van der Waals surface area (Å²) in [6.45, 7) is 2.02. The Morgan fingerprint density at radius 1 is 1.50 bits per heavy atom. The van der Waals surface area contributed by atoms with Gasteiger partial charge in [-0.1, -0.05) is 6.42 Å². The van der Waals surface area contributed by atoms with E-state index in [1.807, 2.05) is 6.92 Å². The van der Waals surface area contributed by atoms with Crippen LogP contribution in [0.3, 0.4) is 0 Å². The van der Waals surface area contributed by atoms with Crippen molar-refractivity contribution < 1.29 is 9.90 Å². The van der Waals surface area contributed by atoms with Crippen LogP contribution >= 0.6 is 11.3 Å². The Kier molecular flexibility index (Phi) is 2.28. The number of nitrogens with zero attached hydrogens (tertiary/aromatic N) is 1. The van der Waals surface area contributed by atoms with Crippen molar-refractivity contribution in [3.8, 4) is 0 Å². The summed E-state index contributed by atoms with van der Waals surface area (Å²) in [7, 11) is 0. The summed E-state index contributed by atoms with van der Waals surface area (Å²) in [6.07, 6.45) is 4.65. The van der Waals surface area contributed by atoms with Crippen LogP contribution in [0.2, 0.25) is 0 Å². The molecule has 0 aliphatic heterocycles. The van der Waals surface area contributed by atoms with E-state index in [0.29, 0.717) is 5.92 Å². The van der Waals surface area contributed by atoms with Gasteiger partial charge >= 0.3 is 5.97 Å².